The number of benzene rings is 1. The number of hydrazone groups is 1. The molecule has 0 saturated carbocycles. The van der Waals surface area contributed by atoms with Gasteiger partial charge in [0, 0.05) is 6.54 Å². The van der Waals surface area contributed by atoms with Gasteiger partial charge in [-0.2, -0.15) is 5.10 Å². The lowest BCUT2D eigenvalue weighted by molar-refractivity contribution is 0.224. The fraction of sp³-hybridized carbons (Fsp3) is 0.467. The Bertz CT molecular complexity index is 490. The largest absolute Gasteiger partial charge is 0.490 e. The first kappa shape index (κ1) is 17.2. The van der Waals surface area contributed by atoms with Gasteiger partial charge in [0.05, 0.1) is 18.9 Å². The van der Waals surface area contributed by atoms with Crippen molar-refractivity contribution in [2.24, 2.45) is 5.10 Å². The highest BCUT2D eigenvalue weighted by atomic mass is 32.1. The van der Waals surface area contributed by atoms with Crippen molar-refractivity contribution in [3.05, 3.63) is 23.8 Å². The fourth-order valence-electron chi connectivity index (χ4n) is 1.59. The fourth-order valence-corrected chi connectivity index (χ4v) is 1.79. The van der Waals surface area contributed by atoms with Gasteiger partial charge in [-0.3, -0.25) is 5.43 Å². The van der Waals surface area contributed by atoms with Crippen LogP contribution in [0.2, 0.25) is 0 Å². The Morgan fingerprint density at radius 1 is 1.33 bits per heavy atom. The molecule has 1 rings (SSSR count). The minimum absolute atomic E-state index is 0.0999. The zero-order valence-corrected chi connectivity index (χ0v) is 13.8. The van der Waals surface area contributed by atoms with Gasteiger partial charge in [-0.25, -0.2) is 0 Å². The van der Waals surface area contributed by atoms with E-state index in [2.05, 4.69) is 15.8 Å². The van der Waals surface area contributed by atoms with Crippen LogP contribution in [-0.4, -0.2) is 30.6 Å². The zero-order valence-electron chi connectivity index (χ0n) is 13.0. The zero-order chi connectivity index (χ0) is 15.7. The predicted molar refractivity (Wildman–Crippen MR) is 90.4 cm³/mol. The molecule has 0 atom stereocenters. The molecule has 0 fully saturated rings. The molecule has 1 aromatic carbocycles. The maximum atomic E-state index is 5.71. The monoisotopic (exact) mass is 309 g/mol. The molecule has 0 aromatic heterocycles. The number of thiocarbonyl (C=S) groups is 1. The van der Waals surface area contributed by atoms with Crippen LogP contribution in [-0.2, 0) is 0 Å². The van der Waals surface area contributed by atoms with Crippen molar-refractivity contribution >= 4 is 23.5 Å². The molecule has 0 radical (unpaired) electrons. The van der Waals surface area contributed by atoms with E-state index in [0.717, 1.165) is 17.9 Å². The molecular formula is C15H23N3O2S. The van der Waals surface area contributed by atoms with Crippen molar-refractivity contribution < 1.29 is 9.47 Å². The summed E-state index contributed by atoms with van der Waals surface area (Å²) in [6, 6.07) is 5.69. The summed E-state index contributed by atoms with van der Waals surface area (Å²) in [5, 5.41) is 7.53. The van der Waals surface area contributed by atoms with Gasteiger partial charge < -0.3 is 14.8 Å². The second-order valence-corrected chi connectivity index (χ2v) is 4.94. The number of rotatable bonds is 7. The lowest BCUT2D eigenvalue weighted by atomic mass is 10.2. The van der Waals surface area contributed by atoms with Gasteiger partial charge in [0.2, 0.25) is 0 Å². The van der Waals surface area contributed by atoms with E-state index in [1.807, 2.05) is 45.9 Å². The van der Waals surface area contributed by atoms with E-state index in [1.54, 1.807) is 6.21 Å². The summed E-state index contributed by atoms with van der Waals surface area (Å²) >= 11 is 5.02. The number of nitrogens with zero attached hydrogens (tertiary/aromatic N) is 1. The molecule has 0 heterocycles. The SMILES string of the molecule is CCNC(=S)N/N=C/c1ccc(OC(C)C)c(OCC)c1. The van der Waals surface area contributed by atoms with E-state index < -0.39 is 0 Å². The molecule has 1 aromatic rings. The molecule has 0 aliphatic heterocycles. The highest BCUT2D eigenvalue weighted by Crippen LogP contribution is 2.28. The molecular weight excluding hydrogens is 286 g/mol. The van der Waals surface area contributed by atoms with Crippen molar-refractivity contribution in [3.63, 3.8) is 0 Å². The van der Waals surface area contributed by atoms with Gasteiger partial charge in [-0.05, 0) is 63.7 Å². The normalized spacial score (nSPS) is 10.7. The first-order valence-corrected chi connectivity index (χ1v) is 7.48. The molecule has 116 valence electrons. The van der Waals surface area contributed by atoms with E-state index in [0.29, 0.717) is 17.5 Å². The van der Waals surface area contributed by atoms with Crippen LogP contribution in [0.4, 0.5) is 0 Å². The Hall–Kier alpha value is -1.82. The predicted octanol–water partition coefficient (Wildman–Crippen LogP) is 2.69. The quantitative estimate of drug-likeness (QED) is 0.461. The van der Waals surface area contributed by atoms with E-state index >= 15 is 0 Å². The Kier molecular flexibility index (Phi) is 7.53. The third-order valence-electron chi connectivity index (χ3n) is 2.35. The van der Waals surface area contributed by atoms with Crippen LogP contribution in [0.15, 0.2) is 23.3 Å². The van der Waals surface area contributed by atoms with Crippen molar-refractivity contribution in [2.45, 2.75) is 33.8 Å². The highest BCUT2D eigenvalue weighted by molar-refractivity contribution is 7.80. The summed E-state index contributed by atoms with van der Waals surface area (Å²) in [6.45, 7) is 9.22. The third-order valence-corrected chi connectivity index (χ3v) is 2.58. The van der Waals surface area contributed by atoms with Crippen LogP contribution in [0, 0.1) is 0 Å². The van der Waals surface area contributed by atoms with Crippen molar-refractivity contribution in [2.75, 3.05) is 13.2 Å². The molecule has 0 unspecified atom stereocenters. The van der Waals surface area contributed by atoms with Crippen molar-refractivity contribution in [3.8, 4) is 11.5 Å². The molecule has 2 N–H and O–H groups in total. The van der Waals surface area contributed by atoms with E-state index in [9.17, 15) is 0 Å². The summed E-state index contributed by atoms with van der Waals surface area (Å²) in [6.07, 6.45) is 1.79. The maximum absolute atomic E-state index is 5.71. The molecule has 0 spiro atoms. The topological polar surface area (TPSA) is 54.9 Å². The van der Waals surface area contributed by atoms with Gasteiger partial charge in [0.15, 0.2) is 16.6 Å². The minimum atomic E-state index is 0.0999. The first-order chi connectivity index (χ1) is 10.1. The number of hydrogen-bond donors (Lipinski definition) is 2. The van der Waals surface area contributed by atoms with Crippen LogP contribution < -0.4 is 20.2 Å². The lowest BCUT2D eigenvalue weighted by Crippen LogP contribution is -2.31. The van der Waals surface area contributed by atoms with Gasteiger partial charge in [0.25, 0.3) is 0 Å². The summed E-state index contributed by atoms with van der Waals surface area (Å²) in [5.74, 6) is 1.45. The Balaban J connectivity index is 2.77. The van der Waals surface area contributed by atoms with Gasteiger partial charge >= 0.3 is 0 Å². The third kappa shape index (κ3) is 6.44. The highest BCUT2D eigenvalue weighted by Gasteiger charge is 2.07. The van der Waals surface area contributed by atoms with Gasteiger partial charge in [0.1, 0.15) is 0 Å². The first-order valence-electron chi connectivity index (χ1n) is 7.07. The van der Waals surface area contributed by atoms with Gasteiger partial charge in [-0.15, -0.1) is 0 Å². The van der Waals surface area contributed by atoms with E-state index in [4.69, 9.17) is 21.7 Å². The Labute approximate surface area is 131 Å². The van der Waals surface area contributed by atoms with Crippen LogP contribution in [0.3, 0.4) is 0 Å². The molecule has 0 aliphatic rings. The molecule has 0 aliphatic carbocycles. The standard InChI is InChI=1S/C15H23N3O2S/c1-5-16-15(21)18-17-10-12-7-8-13(20-11(3)4)14(9-12)19-6-2/h7-11H,5-6H2,1-4H3,(H2,16,18,21)/b17-10+. The summed E-state index contributed by atoms with van der Waals surface area (Å²) in [7, 11) is 0. The second-order valence-electron chi connectivity index (χ2n) is 4.54. The van der Waals surface area contributed by atoms with E-state index in [-0.39, 0.29) is 6.10 Å². The Morgan fingerprint density at radius 3 is 2.71 bits per heavy atom. The summed E-state index contributed by atoms with van der Waals surface area (Å²) < 4.78 is 11.3. The smallest absolute Gasteiger partial charge is 0.186 e. The van der Waals surface area contributed by atoms with Crippen LogP contribution in [0.25, 0.3) is 0 Å². The van der Waals surface area contributed by atoms with Crippen LogP contribution in [0.5, 0.6) is 11.5 Å². The van der Waals surface area contributed by atoms with Crippen LogP contribution >= 0.6 is 12.2 Å². The van der Waals surface area contributed by atoms with E-state index in [1.165, 1.54) is 0 Å². The molecule has 0 bridgehead atoms. The van der Waals surface area contributed by atoms with Gasteiger partial charge in [-0.1, -0.05) is 0 Å². The number of ether oxygens (including phenoxy) is 2. The number of hydrogen-bond acceptors (Lipinski definition) is 4. The second kappa shape index (κ2) is 9.18. The lowest BCUT2D eigenvalue weighted by Gasteiger charge is -2.14. The molecule has 0 amide bonds. The molecule has 0 saturated heterocycles. The van der Waals surface area contributed by atoms with Crippen molar-refractivity contribution in [1.29, 1.82) is 0 Å². The molecule has 21 heavy (non-hydrogen) atoms. The number of nitrogens with one attached hydrogen (secondary N) is 2. The average molecular weight is 309 g/mol. The Morgan fingerprint density at radius 2 is 2.10 bits per heavy atom. The van der Waals surface area contributed by atoms with Crippen molar-refractivity contribution in [1.82, 2.24) is 10.7 Å². The van der Waals surface area contributed by atoms with Crippen LogP contribution in [0.1, 0.15) is 33.3 Å². The molecule has 6 heteroatoms. The minimum Gasteiger partial charge on any atom is -0.490 e. The summed E-state index contributed by atoms with van der Waals surface area (Å²) in [4.78, 5) is 0. The maximum Gasteiger partial charge on any atom is 0.186 e. The molecule has 5 nitrogen and oxygen atoms in total. The average Bonchev–Trinajstić information content (AvgIpc) is 2.41. The summed E-state index contributed by atoms with van der Waals surface area (Å²) in [5.41, 5.74) is 3.65.